The number of carbonyl (C=O) groups excluding carboxylic acids is 1. The number of benzene rings is 1. The summed E-state index contributed by atoms with van der Waals surface area (Å²) in [7, 11) is 2.05. The van der Waals surface area contributed by atoms with Gasteiger partial charge in [0.1, 0.15) is 10.7 Å². The van der Waals surface area contributed by atoms with Gasteiger partial charge in [-0.2, -0.15) is 0 Å². The van der Waals surface area contributed by atoms with Crippen LogP contribution in [0.4, 0.5) is 4.39 Å². The molecule has 1 fully saturated rings. The van der Waals surface area contributed by atoms with Gasteiger partial charge in [-0.15, -0.1) is 11.3 Å². The highest BCUT2D eigenvalue weighted by Gasteiger charge is 2.25. The Hall–Kier alpha value is -1.17. The third-order valence-corrected chi connectivity index (χ3v) is 5.44. The Morgan fingerprint density at radius 1 is 1.29 bits per heavy atom. The summed E-state index contributed by atoms with van der Waals surface area (Å²) in [6.07, 6.45) is 0.944. The van der Waals surface area contributed by atoms with Gasteiger partial charge < -0.3 is 9.80 Å². The summed E-state index contributed by atoms with van der Waals surface area (Å²) in [5, 5.41) is 0.607. The fourth-order valence-corrected chi connectivity index (χ4v) is 4.12. The minimum Gasteiger partial charge on any atom is -0.337 e. The second kappa shape index (κ2) is 5.91. The Morgan fingerprint density at radius 3 is 2.86 bits per heavy atom. The van der Waals surface area contributed by atoms with Crippen molar-refractivity contribution in [3.8, 4) is 0 Å². The van der Waals surface area contributed by atoms with Crippen LogP contribution < -0.4 is 0 Å². The third-order valence-electron chi connectivity index (χ3n) is 3.81. The van der Waals surface area contributed by atoms with Gasteiger partial charge >= 0.3 is 0 Å². The van der Waals surface area contributed by atoms with Gasteiger partial charge in [0.15, 0.2) is 0 Å². The Balaban J connectivity index is 1.94. The average molecular weight is 327 g/mol. The van der Waals surface area contributed by atoms with Gasteiger partial charge in [0.05, 0.1) is 5.02 Å². The van der Waals surface area contributed by atoms with E-state index in [2.05, 4.69) is 11.9 Å². The van der Waals surface area contributed by atoms with E-state index >= 15 is 0 Å². The molecule has 21 heavy (non-hydrogen) atoms. The summed E-state index contributed by atoms with van der Waals surface area (Å²) in [4.78, 5) is 17.1. The predicted octanol–water partition coefficient (Wildman–Crippen LogP) is 3.47. The van der Waals surface area contributed by atoms with E-state index in [0.29, 0.717) is 16.8 Å². The molecule has 3 nitrogen and oxygen atoms in total. The first kappa shape index (κ1) is 14.8. The first-order valence-corrected chi connectivity index (χ1v) is 8.11. The second-order valence-electron chi connectivity index (χ2n) is 5.31. The lowest BCUT2D eigenvalue weighted by Crippen LogP contribution is -2.34. The fourth-order valence-electron chi connectivity index (χ4n) is 2.60. The zero-order valence-electron chi connectivity index (χ0n) is 11.7. The van der Waals surface area contributed by atoms with E-state index in [9.17, 15) is 9.18 Å². The van der Waals surface area contributed by atoms with E-state index in [4.69, 9.17) is 11.6 Å². The molecule has 0 spiro atoms. The summed E-state index contributed by atoms with van der Waals surface area (Å²) >= 11 is 7.53. The topological polar surface area (TPSA) is 23.6 Å². The van der Waals surface area contributed by atoms with Crippen LogP contribution in [0, 0.1) is 5.82 Å². The number of carbonyl (C=O) groups is 1. The molecule has 1 aliphatic rings. The number of amides is 1. The number of hydrogen-bond acceptors (Lipinski definition) is 3. The zero-order valence-corrected chi connectivity index (χ0v) is 13.3. The third kappa shape index (κ3) is 2.78. The van der Waals surface area contributed by atoms with Crippen LogP contribution in [-0.4, -0.2) is 48.9 Å². The van der Waals surface area contributed by atoms with E-state index in [1.54, 1.807) is 12.1 Å². The highest BCUT2D eigenvalue weighted by Crippen LogP contribution is 2.37. The Morgan fingerprint density at radius 2 is 2.10 bits per heavy atom. The second-order valence-corrected chi connectivity index (χ2v) is 6.74. The smallest absolute Gasteiger partial charge is 0.265 e. The molecule has 2 heterocycles. The standard InChI is InChI=1S/C15H16ClFN2OS/c1-18-6-3-7-19(9-8-18)15(20)14-13(16)12-10(17)4-2-5-11(12)21-14/h2,4-5H,3,6-9H2,1H3. The maximum Gasteiger partial charge on any atom is 0.265 e. The Kier molecular flexibility index (Phi) is 4.15. The molecule has 1 aromatic heterocycles. The summed E-state index contributed by atoms with van der Waals surface area (Å²) in [6.45, 7) is 3.24. The first-order chi connectivity index (χ1) is 10.1. The molecule has 6 heteroatoms. The molecule has 0 bridgehead atoms. The van der Waals surface area contributed by atoms with Crippen molar-refractivity contribution in [3.63, 3.8) is 0 Å². The van der Waals surface area contributed by atoms with Gasteiger partial charge in [-0.1, -0.05) is 17.7 Å². The van der Waals surface area contributed by atoms with Gasteiger partial charge in [0, 0.05) is 29.7 Å². The normalized spacial score (nSPS) is 17.2. The fraction of sp³-hybridized carbons (Fsp3) is 0.400. The van der Waals surface area contributed by atoms with Crippen LogP contribution in [0.3, 0.4) is 0 Å². The maximum absolute atomic E-state index is 13.9. The molecule has 0 unspecified atom stereocenters. The number of halogens is 2. The van der Waals surface area contributed by atoms with Crippen molar-refractivity contribution in [1.29, 1.82) is 0 Å². The number of nitrogens with zero attached hydrogens (tertiary/aromatic N) is 2. The summed E-state index contributed by atoms with van der Waals surface area (Å²) in [6, 6.07) is 4.80. The van der Waals surface area contributed by atoms with Crippen LogP contribution in [0.15, 0.2) is 18.2 Å². The zero-order chi connectivity index (χ0) is 15.0. The van der Waals surface area contributed by atoms with Crippen molar-refractivity contribution in [2.75, 3.05) is 33.2 Å². The molecular weight excluding hydrogens is 311 g/mol. The SMILES string of the molecule is CN1CCCN(C(=O)c2sc3cccc(F)c3c2Cl)CC1. The van der Waals surface area contributed by atoms with Gasteiger partial charge in [0.2, 0.25) is 0 Å². The average Bonchev–Trinajstić information content (AvgIpc) is 2.65. The number of fused-ring (bicyclic) bond motifs is 1. The van der Waals surface area contributed by atoms with E-state index in [1.807, 2.05) is 4.90 Å². The van der Waals surface area contributed by atoms with Crippen LogP contribution in [0.1, 0.15) is 16.1 Å². The lowest BCUT2D eigenvalue weighted by atomic mass is 10.2. The number of thiophene rings is 1. The Bertz CT molecular complexity index is 688. The molecule has 0 saturated carbocycles. The van der Waals surface area contributed by atoms with E-state index in [1.165, 1.54) is 17.4 Å². The van der Waals surface area contributed by atoms with Gasteiger partial charge in [-0.25, -0.2) is 4.39 Å². The van der Waals surface area contributed by atoms with E-state index in [0.717, 1.165) is 30.8 Å². The molecule has 1 aromatic carbocycles. The molecule has 0 atom stereocenters. The van der Waals surface area contributed by atoms with Gasteiger partial charge in [-0.3, -0.25) is 4.79 Å². The molecule has 2 aromatic rings. The molecule has 112 valence electrons. The number of likely N-dealkylation sites (N-methyl/N-ethyl adjacent to an activating group) is 1. The van der Waals surface area contributed by atoms with Crippen molar-refractivity contribution in [1.82, 2.24) is 9.80 Å². The molecule has 0 N–H and O–H groups in total. The molecule has 1 amide bonds. The quantitative estimate of drug-likeness (QED) is 0.801. The van der Waals surface area contributed by atoms with Crippen molar-refractivity contribution >= 4 is 38.9 Å². The molecule has 0 radical (unpaired) electrons. The lowest BCUT2D eigenvalue weighted by Gasteiger charge is -2.19. The van der Waals surface area contributed by atoms with Crippen LogP contribution >= 0.6 is 22.9 Å². The number of hydrogen-bond donors (Lipinski definition) is 0. The molecule has 1 aliphatic heterocycles. The molecule has 1 saturated heterocycles. The highest BCUT2D eigenvalue weighted by atomic mass is 35.5. The minimum absolute atomic E-state index is 0.0871. The van der Waals surface area contributed by atoms with E-state index < -0.39 is 0 Å². The van der Waals surface area contributed by atoms with Crippen LogP contribution in [-0.2, 0) is 0 Å². The van der Waals surface area contributed by atoms with Gasteiger partial charge in [-0.05, 0) is 32.1 Å². The van der Waals surface area contributed by atoms with Crippen molar-refractivity contribution in [2.24, 2.45) is 0 Å². The van der Waals surface area contributed by atoms with Crippen LogP contribution in [0.5, 0.6) is 0 Å². The molecule has 0 aliphatic carbocycles. The number of rotatable bonds is 1. The molecule has 3 rings (SSSR count). The van der Waals surface area contributed by atoms with Crippen molar-refractivity contribution in [3.05, 3.63) is 33.9 Å². The summed E-state index contributed by atoms with van der Waals surface area (Å²) < 4.78 is 14.6. The monoisotopic (exact) mass is 326 g/mol. The Labute approximate surface area is 131 Å². The van der Waals surface area contributed by atoms with Crippen molar-refractivity contribution < 1.29 is 9.18 Å². The predicted molar refractivity (Wildman–Crippen MR) is 84.8 cm³/mol. The first-order valence-electron chi connectivity index (χ1n) is 6.92. The summed E-state index contributed by atoms with van der Waals surface area (Å²) in [5.41, 5.74) is 0. The maximum atomic E-state index is 13.9. The lowest BCUT2D eigenvalue weighted by molar-refractivity contribution is 0.0768. The van der Waals surface area contributed by atoms with Crippen LogP contribution in [0.25, 0.3) is 10.1 Å². The van der Waals surface area contributed by atoms with Crippen LogP contribution in [0.2, 0.25) is 5.02 Å². The van der Waals surface area contributed by atoms with E-state index in [-0.39, 0.29) is 16.7 Å². The van der Waals surface area contributed by atoms with Gasteiger partial charge in [0.25, 0.3) is 5.91 Å². The minimum atomic E-state index is -0.372. The van der Waals surface area contributed by atoms with Crippen molar-refractivity contribution in [2.45, 2.75) is 6.42 Å². The largest absolute Gasteiger partial charge is 0.337 e. The summed E-state index contributed by atoms with van der Waals surface area (Å²) in [5.74, 6) is -0.459. The highest BCUT2D eigenvalue weighted by molar-refractivity contribution is 7.21. The molecular formula is C15H16ClFN2OS.